The maximum atomic E-state index is 5.65. The molecule has 0 N–H and O–H groups in total. The molecule has 0 saturated heterocycles. The molecule has 2 heterocycles. The van der Waals surface area contributed by atoms with Crippen LogP contribution in [0.15, 0.2) is 73.4 Å². The summed E-state index contributed by atoms with van der Waals surface area (Å²) in [7, 11) is 1.71. The van der Waals surface area contributed by atoms with Crippen LogP contribution in [0.25, 0.3) is 28.1 Å². The van der Waals surface area contributed by atoms with Gasteiger partial charge in [0.05, 0.1) is 37.2 Å². The van der Waals surface area contributed by atoms with Crippen LogP contribution in [0.4, 0.5) is 0 Å². The molecule has 4 nitrogen and oxygen atoms in total. The van der Waals surface area contributed by atoms with Crippen molar-refractivity contribution in [1.82, 2.24) is 14.5 Å². The third-order valence-electron chi connectivity index (χ3n) is 6.07. The van der Waals surface area contributed by atoms with E-state index in [0.717, 1.165) is 34.7 Å². The lowest BCUT2D eigenvalue weighted by molar-refractivity contribution is 0.416. The van der Waals surface area contributed by atoms with E-state index in [1.54, 1.807) is 7.11 Å². The summed E-state index contributed by atoms with van der Waals surface area (Å²) in [6.07, 6.45) is 11.0. The van der Waals surface area contributed by atoms with E-state index in [1.807, 2.05) is 49.2 Å². The third kappa shape index (κ3) is 4.85. The van der Waals surface area contributed by atoms with Crippen LogP contribution in [-0.2, 0) is 11.8 Å². The highest BCUT2D eigenvalue weighted by Gasteiger charge is 2.19. The molecule has 4 aromatic rings. The van der Waals surface area contributed by atoms with Crippen LogP contribution in [0.5, 0.6) is 5.75 Å². The molecule has 0 radical (unpaired) electrons. The Bertz CT molecular complexity index is 1230. The average Bonchev–Trinajstić information content (AvgIpc) is 3.32. The first-order valence-electron chi connectivity index (χ1n) is 11.7. The summed E-state index contributed by atoms with van der Waals surface area (Å²) in [5.74, 6) is 0.836. The number of ether oxygens (including phenoxy) is 1. The minimum Gasteiger partial charge on any atom is -0.496 e. The first-order valence-corrected chi connectivity index (χ1v) is 11.7. The summed E-state index contributed by atoms with van der Waals surface area (Å²) >= 11 is 0. The summed E-state index contributed by atoms with van der Waals surface area (Å²) in [5.41, 5.74) is 8.09. The lowest BCUT2D eigenvalue weighted by Gasteiger charge is -2.22. The van der Waals surface area contributed by atoms with Gasteiger partial charge in [0.1, 0.15) is 5.75 Å². The predicted molar refractivity (Wildman–Crippen MR) is 136 cm³/mol. The van der Waals surface area contributed by atoms with E-state index in [0.29, 0.717) is 0 Å². The zero-order valence-corrected chi connectivity index (χ0v) is 20.3. The minimum absolute atomic E-state index is 0.0681. The van der Waals surface area contributed by atoms with E-state index in [4.69, 9.17) is 4.74 Å². The van der Waals surface area contributed by atoms with Gasteiger partial charge in [-0.05, 0) is 53.6 Å². The molecular formula is C29H33N3O. The fourth-order valence-electron chi connectivity index (χ4n) is 4.17. The van der Waals surface area contributed by atoms with Crippen molar-refractivity contribution >= 4 is 0 Å². The van der Waals surface area contributed by atoms with E-state index < -0.39 is 0 Å². The molecule has 170 valence electrons. The van der Waals surface area contributed by atoms with E-state index in [-0.39, 0.29) is 5.41 Å². The highest BCUT2D eigenvalue weighted by atomic mass is 16.5. The summed E-state index contributed by atoms with van der Waals surface area (Å²) in [4.78, 5) is 8.98. The smallest absolute Gasteiger partial charge is 0.126 e. The van der Waals surface area contributed by atoms with Gasteiger partial charge in [-0.2, -0.15) is 0 Å². The van der Waals surface area contributed by atoms with Crippen molar-refractivity contribution in [3.8, 4) is 33.8 Å². The van der Waals surface area contributed by atoms with Crippen LogP contribution < -0.4 is 4.74 Å². The van der Waals surface area contributed by atoms with Gasteiger partial charge in [0.25, 0.3) is 0 Å². The Morgan fingerprint density at radius 2 is 1.76 bits per heavy atom. The van der Waals surface area contributed by atoms with Crippen LogP contribution >= 0.6 is 0 Å². The molecular weight excluding hydrogens is 406 g/mol. The van der Waals surface area contributed by atoms with Crippen LogP contribution in [0.1, 0.15) is 51.7 Å². The number of benzene rings is 2. The lowest BCUT2D eigenvalue weighted by Crippen LogP contribution is -2.12. The van der Waals surface area contributed by atoms with Crippen molar-refractivity contribution < 1.29 is 4.74 Å². The van der Waals surface area contributed by atoms with Crippen molar-refractivity contribution in [3.63, 3.8) is 0 Å². The fourth-order valence-corrected chi connectivity index (χ4v) is 4.17. The number of aryl methyl sites for hydroxylation is 1. The van der Waals surface area contributed by atoms with E-state index in [1.165, 1.54) is 29.5 Å². The predicted octanol–water partition coefficient (Wildman–Crippen LogP) is 7.25. The van der Waals surface area contributed by atoms with Gasteiger partial charge >= 0.3 is 0 Å². The molecule has 0 aliphatic carbocycles. The Labute approximate surface area is 197 Å². The maximum absolute atomic E-state index is 5.65. The van der Waals surface area contributed by atoms with Crippen LogP contribution in [0.3, 0.4) is 0 Å². The van der Waals surface area contributed by atoms with E-state index in [2.05, 4.69) is 66.5 Å². The molecule has 0 spiro atoms. The summed E-state index contributed by atoms with van der Waals surface area (Å²) in [6, 6.07) is 17.1. The molecule has 0 aliphatic heterocycles. The molecule has 4 rings (SSSR count). The zero-order valence-electron chi connectivity index (χ0n) is 20.3. The number of nitrogens with zero attached hydrogens (tertiary/aromatic N) is 3. The molecule has 0 fully saturated rings. The van der Waals surface area contributed by atoms with Gasteiger partial charge in [0.15, 0.2) is 0 Å². The van der Waals surface area contributed by atoms with Crippen molar-refractivity contribution in [2.75, 3.05) is 7.11 Å². The molecule has 33 heavy (non-hydrogen) atoms. The van der Waals surface area contributed by atoms with Gasteiger partial charge in [0, 0.05) is 22.9 Å². The summed E-state index contributed by atoms with van der Waals surface area (Å²) in [5, 5.41) is 0. The Hall–Kier alpha value is -3.40. The number of unbranched alkanes of at least 4 members (excludes halogenated alkanes) is 1. The quantitative estimate of drug-likeness (QED) is 0.304. The second-order valence-corrected chi connectivity index (χ2v) is 9.51. The lowest BCUT2D eigenvalue weighted by atomic mass is 9.84. The standard InChI is InChI=1S/C29H33N3O/c1-6-7-10-21-15-22(17-23(16-21)29(2,3)4)26-18-31-20-32(26)27-19-30-14-13-24(27)25-11-8-9-12-28(25)33-5/h8-9,11-20H,6-7,10H2,1-5H3. The monoisotopic (exact) mass is 439 g/mol. The van der Waals surface area contributed by atoms with Crippen LogP contribution in [0, 0.1) is 0 Å². The number of hydrogen-bond acceptors (Lipinski definition) is 3. The van der Waals surface area contributed by atoms with Gasteiger partial charge < -0.3 is 4.74 Å². The largest absolute Gasteiger partial charge is 0.496 e. The van der Waals surface area contributed by atoms with E-state index >= 15 is 0 Å². The number of imidazole rings is 1. The number of para-hydroxylation sites is 1. The van der Waals surface area contributed by atoms with Crippen LogP contribution in [-0.4, -0.2) is 21.6 Å². The number of methoxy groups -OCH3 is 1. The average molecular weight is 440 g/mol. The maximum Gasteiger partial charge on any atom is 0.126 e. The molecule has 2 aromatic carbocycles. The second kappa shape index (κ2) is 9.62. The normalized spacial score (nSPS) is 11.5. The van der Waals surface area contributed by atoms with Crippen LogP contribution in [0.2, 0.25) is 0 Å². The first-order chi connectivity index (χ1) is 15.9. The Balaban J connectivity index is 1.87. The Morgan fingerprint density at radius 1 is 0.939 bits per heavy atom. The highest BCUT2D eigenvalue weighted by molar-refractivity contribution is 5.79. The van der Waals surface area contributed by atoms with Gasteiger partial charge in [0.2, 0.25) is 0 Å². The van der Waals surface area contributed by atoms with Gasteiger partial charge in [-0.25, -0.2) is 4.98 Å². The van der Waals surface area contributed by atoms with Gasteiger partial charge in [-0.15, -0.1) is 0 Å². The Kier molecular flexibility index (Phi) is 6.64. The molecule has 0 aliphatic rings. The SMILES string of the molecule is CCCCc1cc(-c2cncn2-c2cnccc2-c2ccccc2OC)cc(C(C)(C)C)c1. The number of rotatable bonds is 7. The molecule has 2 aromatic heterocycles. The first kappa shape index (κ1) is 22.8. The molecule has 0 saturated carbocycles. The highest BCUT2D eigenvalue weighted by Crippen LogP contribution is 2.36. The number of hydrogen-bond donors (Lipinski definition) is 0. The minimum atomic E-state index is 0.0681. The molecule has 4 heteroatoms. The van der Waals surface area contributed by atoms with Crippen molar-refractivity contribution in [2.24, 2.45) is 0 Å². The van der Waals surface area contributed by atoms with Crippen molar-refractivity contribution in [1.29, 1.82) is 0 Å². The summed E-state index contributed by atoms with van der Waals surface area (Å²) < 4.78 is 7.79. The second-order valence-electron chi connectivity index (χ2n) is 9.51. The molecule has 0 atom stereocenters. The van der Waals surface area contributed by atoms with Gasteiger partial charge in [-0.1, -0.05) is 58.4 Å². The molecule has 0 amide bonds. The number of pyridine rings is 1. The number of aromatic nitrogens is 3. The topological polar surface area (TPSA) is 39.9 Å². The van der Waals surface area contributed by atoms with Crippen molar-refractivity contribution in [2.45, 2.75) is 52.4 Å². The molecule has 0 unspecified atom stereocenters. The molecule has 0 bridgehead atoms. The van der Waals surface area contributed by atoms with E-state index in [9.17, 15) is 0 Å². The van der Waals surface area contributed by atoms with Crippen molar-refractivity contribution in [3.05, 3.63) is 84.6 Å². The summed E-state index contributed by atoms with van der Waals surface area (Å²) in [6.45, 7) is 9.06. The zero-order chi connectivity index (χ0) is 23.4. The Morgan fingerprint density at radius 3 is 2.52 bits per heavy atom. The third-order valence-corrected chi connectivity index (χ3v) is 6.07. The fraction of sp³-hybridized carbons (Fsp3) is 0.310. The van der Waals surface area contributed by atoms with Gasteiger partial charge in [-0.3, -0.25) is 9.55 Å².